The number of aromatic hydroxyl groups is 2. The SMILES string of the molecule is CCNc1nc(Nc2ccc(C=Cc3ccc(Nc4nc(NCC)nc(Nc5ccccc5O)n4)cc3S(=O)(=O)O)c(S(=O)(=O)O)c2)nc(Nc2ccccc2O)n1. The molecule has 0 fully saturated rings. The highest BCUT2D eigenvalue weighted by atomic mass is 32.2. The van der Waals surface area contributed by atoms with Crippen molar-refractivity contribution in [3.05, 3.63) is 96.1 Å². The molecule has 0 unspecified atom stereocenters. The van der Waals surface area contributed by atoms with Crippen LogP contribution in [0, 0.1) is 0 Å². The third-order valence-electron chi connectivity index (χ3n) is 7.78. The number of aromatic nitrogens is 6. The van der Waals surface area contributed by atoms with Crippen LogP contribution in [-0.2, 0) is 20.2 Å². The van der Waals surface area contributed by atoms with Crippen molar-refractivity contribution in [2.45, 2.75) is 23.6 Å². The molecule has 0 saturated heterocycles. The summed E-state index contributed by atoms with van der Waals surface area (Å²) in [5.74, 6) is 0.313. The van der Waals surface area contributed by atoms with Crippen LogP contribution in [0.15, 0.2) is 94.7 Å². The quantitative estimate of drug-likeness (QED) is 0.0305. The van der Waals surface area contributed by atoms with Crippen LogP contribution in [0.25, 0.3) is 12.2 Å². The number of para-hydroxylation sites is 4. The molecule has 2 heterocycles. The lowest BCUT2D eigenvalue weighted by atomic mass is 10.1. The Balaban J connectivity index is 1.28. The third kappa shape index (κ3) is 10.4. The summed E-state index contributed by atoms with van der Waals surface area (Å²) in [6.07, 6.45) is 2.49. The standard InChI is InChI=1S/C36H36N12O8S2/c1-3-37-31-43-33(47-35(45-31)41-25-9-5-7-11-27(25)49)39-23-17-15-21(29(19-23)57(51,52)53)13-14-22-16-18-24(20-30(22)58(54,55)56)40-34-44-32(38-4-2)46-36(48-34)42-26-10-6-8-12-28(26)50/h5-20,49-50H,3-4H2,1-2H3,(H,51,52,53)(H,54,55,56)(H3,37,39,41,43,45,47)(H3,38,40,42,44,46,48). The van der Waals surface area contributed by atoms with Crippen LogP contribution >= 0.6 is 0 Å². The van der Waals surface area contributed by atoms with Crippen molar-refractivity contribution in [2.75, 3.05) is 45.0 Å². The number of phenols is 2. The summed E-state index contributed by atoms with van der Waals surface area (Å²) in [6, 6.07) is 20.8. The maximum absolute atomic E-state index is 12.6. The van der Waals surface area contributed by atoms with E-state index >= 15 is 0 Å². The third-order valence-corrected chi connectivity index (χ3v) is 9.60. The molecule has 4 aromatic carbocycles. The van der Waals surface area contributed by atoms with Crippen molar-refractivity contribution in [1.29, 1.82) is 0 Å². The molecule has 0 radical (unpaired) electrons. The fourth-order valence-corrected chi connectivity index (χ4v) is 6.65. The second-order valence-electron chi connectivity index (χ2n) is 12.0. The summed E-state index contributed by atoms with van der Waals surface area (Å²) in [4.78, 5) is 24.7. The molecule has 10 N–H and O–H groups in total. The summed E-state index contributed by atoms with van der Waals surface area (Å²) in [7, 11) is -9.71. The first-order valence-electron chi connectivity index (χ1n) is 17.2. The van der Waals surface area contributed by atoms with E-state index in [0.29, 0.717) is 24.5 Å². The Hall–Kier alpha value is -7.14. The number of hydrogen-bond acceptors (Lipinski definition) is 18. The Morgan fingerprint density at radius 2 is 0.845 bits per heavy atom. The molecule has 300 valence electrons. The first-order valence-corrected chi connectivity index (χ1v) is 20.1. The topological polar surface area (TPSA) is 299 Å². The molecule has 0 aliphatic heterocycles. The fourth-order valence-electron chi connectivity index (χ4n) is 5.23. The van der Waals surface area contributed by atoms with Crippen molar-refractivity contribution < 1.29 is 36.2 Å². The second kappa shape index (κ2) is 17.3. The van der Waals surface area contributed by atoms with Gasteiger partial charge in [0, 0.05) is 24.5 Å². The smallest absolute Gasteiger partial charge is 0.295 e. The molecule has 0 amide bonds. The molecule has 0 aliphatic carbocycles. The number of phenolic OH excluding ortho intramolecular Hbond substituents is 2. The van der Waals surface area contributed by atoms with Gasteiger partial charge in [-0.2, -0.15) is 46.7 Å². The Bertz CT molecular complexity index is 2540. The minimum absolute atomic E-state index is 0.0158. The fraction of sp³-hybridized carbons (Fsp3) is 0.111. The number of nitrogens with zero attached hydrogens (tertiary/aromatic N) is 6. The number of nitrogens with one attached hydrogen (secondary N) is 6. The van der Waals surface area contributed by atoms with Gasteiger partial charge in [0.15, 0.2) is 0 Å². The monoisotopic (exact) mass is 828 g/mol. The van der Waals surface area contributed by atoms with Gasteiger partial charge in [0.05, 0.1) is 11.4 Å². The molecule has 20 nitrogen and oxygen atoms in total. The van der Waals surface area contributed by atoms with Crippen molar-refractivity contribution in [3.8, 4) is 11.5 Å². The van der Waals surface area contributed by atoms with Crippen molar-refractivity contribution >= 4 is 90.8 Å². The van der Waals surface area contributed by atoms with E-state index in [2.05, 4.69) is 61.8 Å². The highest BCUT2D eigenvalue weighted by Crippen LogP contribution is 2.30. The van der Waals surface area contributed by atoms with Gasteiger partial charge < -0.3 is 42.1 Å². The molecular formula is C36H36N12O8S2. The van der Waals surface area contributed by atoms with E-state index in [1.54, 1.807) is 36.4 Å². The molecule has 6 aromatic rings. The molecule has 22 heteroatoms. The van der Waals surface area contributed by atoms with Crippen molar-refractivity contribution in [1.82, 2.24) is 29.9 Å². The minimum atomic E-state index is -4.85. The first kappa shape index (κ1) is 40.5. The predicted molar refractivity (Wildman–Crippen MR) is 219 cm³/mol. The van der Waals surface area contributed by atoms with Crippen LogP contribution in [0.5, 0.6) is 11.5 Å². The molecule has 0 bridgehead atoms. The Kier molecular flexibility index (Phi) is 12.1. The highest BCUT2D eigenvalue weighted by Gasteiger charge is 2.19. The van der Waals surface area contributed by atoms with E-state index in [-0.39, 0.29) is 69.7 Å². The molecule has 0 spiro atoms. The van der Waals surface area contributed by atoms with Gasteiger partial charge >= 0.3 is 0 Å². The zero-order valence-electron chi connectivity index (χ0n) is 30.6. The molecule has 58 heavy (non-hydrogen) atoms. The van der Waals surface area contributed by atoms with Gasteiger partial charge in [-0.15, -0.1) is 0 Å². The maximum Gasteiger partial charge on any atom is 0.295 e. The van der Waals surface area contributed by atoms with Gasteiger partial charge in [-0.25, -0.2) is 0 Å². The molecule has 0 atom stereocenters. The van der Waals surface area contributed by atoms with Crippen LogP contribution in [0.3, 0.4) is 0 Å². The molecule has 2 aromatic heterocycles. The van der Waals surface area contributed by atoms with Crippen LogP contribution in [0.4, 0.5) is 58.4 Å². The number of hydrogen-bond donors (Lipinski definition) is 10. The summed E-state index contributed by atoms with van der Waals surface area (Å²) in [5.41, 5.74) is 0.876. The highest BCUT2D eigenvalue weighted by molar-refractivity contribution is 7.86. The zero-order valence-corrected chi connectivity index (χ0v) is 32.2. The van der Waals surface area contributed by atoms with Gasteiger partial charge in [-0.1, -0.05) is 48.6 Å². The Morgan fingerprint density at radius 3 is 1.19 bits per heavy atom. The van der Waals surface area contributed by atoms with E-state index in [9.17, 15) is 36.2 Å². The largest absolute Gasteiger partial charge is 0.506 e. The van der Waals surface area contributed by atoms with E-state index in [1.807, 2.05) is 13.8 Å². The Morgan fingerprint density at radius 1 is 0.500 bits per heavy atom. The average Bonchev–Trinajstić information content (AvgIpc) is 3.16. The van der Waals surface area contributed by atoms with Crippen molar-refractivity contribution in [3.63, 3.8) is 0 Å². The van der Waals surface area contributed by atoms with Crippen LogP contribution in [0.1, 0.15) is 25.0 Å². The predicted octanol–water partition coefficient (Wildman–Crippen LogP) is 5.97. The average molecular weight is 829 g/mol. The summed E-state index contributed by atoms with van der Waals surface area (Å²) in [5, 5.41) is 37.9. The lowest BCUT2D eigenvalue weighted by Gasteiger charge is -2.13. The summed E-state index contributed by atoms with van der Waals surface area (Å²) < 4.78 is 70.7. The van der Waals surface area contributed by atoms with E-state index in [1.165, 1.54) is 48.6 Å². The van der Waals surface area contributed by atoms with Crippen LogP contribution in [-0.4, -0.2) is 79.1 Å². The van der Waals surface area contributed by atoms with E-state index in [4.69, 9.17) is 0 Å². The first-order chi connectivity index (χ1) is 27.7. The van der Waals surface area contributed by atoms with E-state index in [0.717, 1.165) is 12.1 Å². The van der Waals surface area contributed by atoms with Crippen LogP contribution in [0.2, 0.25) is 0 Å². The summed E-state index contributed by atoms with van der Waals surface area (Å²) in [6.45, 7) is 4.58. The number of rotatable bonds is 16. The molecule has 0 saturated carbocycles. The van der Waals surface area contributed by atoms with Gasteiger partial charge in [-0.3, -0.25) is 9.11 Å². The molecular weight excluding hydrogens is 793 g/mol. The lowest BCUT2D eigenvalue weighted by Crippen LogP contribution is -2.10. The van der Waals surface area contributed by atoms with Gasteiger partial charge in [-0.05, 0) is 73.5 Å². The van der Waals surface area contributed by atoms with Gasteiger partial charge in [0.2, 0.25) is 35.7 Å². The number of benzene rings is 4. The molecule has 0 aliphatic rings. The maximum atomic E-state index is 12.6. The number of anilines is 10. The molecule has 6 rings (SSSR count). The minimum Gasteiger partial charge on any atom is -0.506 e. The lowest BCUT2D eigenvalue weighted by molar-refractivity contribution is 0.477. The normalized spacial score (nSPS) is 11.6. The van der Waals surface area contributed by atoms with Gasteiger partial charge in [0.1, 0.15) is 21.3 Å². The van der Waals surface area contributed by atoms with Crippen LogP contribution < -0.4 is 31.9 Å². The second-order valence-corrected chi connectivity index (χ2v) is 14.8. The van der Waals surface area contributed by atoms with E-state index < -0.39 is 30.0 Å². The van der Waals surface area contributed by atoms with Gasteiger partial charge in [0.25, 0.3) is 20.2 Å². The Labute approximate surface area is 332 Å². The zero-order chi connectivity index (χ0) is 41.5. The van der Waals surface area contributed by atoms with Crippen molar-refractivity contribution in [2.24, 2.45) is 0 Å². The summed E-state index contributed by atoms with van der Waals surface area (Å²) >= 11 is 0.